The standard InChI is InChI=1S/C22H26FNO.ClH/c23-21-10-8-20(9-11-21)22(25)7-4-14-24-15-12-19(13-16-24)17-18-5-2-1-3-6-18;/h1-3,5-6,8-11,19H,4,7,12-17H2;1H. The largest absolute Gasteiger partial charge is 0.303 e. The van der Waals surface area contributed by atoms with Gasteiger partial charge in [-0.1, -0.05) is 30.3 Å². The molecule has 140 valence electrons. The molecule has 1 aliphatic rings. The second-order valence-electron chi connectivity index (χ2n) is 7.01. The Bertz CT molecular complexity index is 666. The lowest BCUT2D eigenvalue weighted by Gasteiger charge is -2.32. The van der Waals surface area contributed by atoms with E-state index in [4.69, 9.17) is 0 Å². The molecule has 26 heavy (non-hydrogen) atoms. The third-order valence-electron chi connectivity index (χ3n) is 5.12. The molecule has 0 N–H and O–H groups in total. The lowest BCUT2D eigenvalue weighted by atomic mass is 9.90. The molecule has 1 aliphatic heterocycles. The van der Waals surface area contributed by atoms with Crippen LogP contribution in [0.2, 0.25) is 0 Å². The summed E-state index contributed by atoms with van der Waals surface area (Å²) in [6.07, 6.45) is 5.06. The highest BCUT2D eigenvalue weighted by molar-refractivity contribution is 5.95. The Hall–Kier alpha value is -1.71. The van der Waals surface area contributed by atoms with Crippen molar-refractivity contribution in [2.24, 2.45) is 5.92 Å². The van der Waals surface area contributed by atoms with E-state index in [0.29, 0.717) is 12.0 Å². The normalized spacial score (nSPS) is 15.4. The summed E-state index contributed by atoms with van der Waals surface area (Å²) in [6, 6.07) is 16.6. The van der Waals surface area contributed by atoms with E-state index in [9.17, 15) is 9.18 Å². The predicted octanol–water partition coefficient (Wildman–Crippen LogP) is 5.17. The first-order valence-corrected chi connectivity index (χ1v) is 9.26. The number of Topliss-reactive ketones (excluding diaryl/α,β-unsaturated/α-hetero) is 1. The number of hydrogen-bond acceptors (Lipinski definition) is 2. The summed E-state index contributed by atoms with van der Waals surface area (Å²) < 4.78 is 12.9. The molecular weight excluding hydrogens is 349 g/mol. The van der Waals surface area contributed by atoms with Crippen LogP contribution in [0.25, 0.3) is 0 Å². The Balaban J connectivity index is 0.00000243. The summed E-state index contributed by atoms with van der Waals surface area (Å²) in [7, 11) is 0. The molecule has 0 aliphatic carbocycles. The van der Waals surface area contributed by atoms with Crippen molar-refractivity contribution in [2.75, 3.05) is 19.6 Å². The van der Waals surface area contributed by atoms with Gasteiger partial charge < -0.3 is 4.90 Å². The van der Waals surface area contributed by atoms with Gasteiger partial charge in [-0.25, -0.2) is 4.39 Å². The Labute approximate surface area is 161 Å². The predicted molar refractivity (Wildman–Crippen MR) is 107 cm³/mol. The lowest BCUT2D eigenvalue weighted by Crippen LogP contribution is -2.35. The van der Waals surface area contributed by atoms with Crippen molar-refractivity contribution in [3.8, 4) is 0 Å². The molecule has 0 bridgehead atoms. The summed E-state index contributed by atoms with van der Waals surface area (Å²) in [5.41, 5.74) is 2.05. The third-order valence-corrected chi connectivity index (χ3v) is 5.12. The van der Waals surface area contributed by atoms with Gasteiger partial charge >= 0.3 is 0 Å². The van der Waals surface area contributed by atoms with Crippen molar-refractivity contribution in [1.82, 2.24) is 4.90 Å². The van der Waals surface area contributed by atoms with E-state index in [-0.39, 0.29) is 24.0 Å². The molecule has 3 rings (SSSR count). The second-order valence-corrected chi connectivity index (χ2v) is 7.01. The number of halogens is 2. The topological polar surface area (TPSA) is 20.3 Å². The van der Waals surface area contributed by atoms with Gasteiger partial charge in [-0.05, 0) is 81.1 Å². The highest BCUT2D eigenvalue weighted by atomic mass is 35.5. The van der Waals surface area contributed by atoms with E-state index in [0.717, 1.165) is 32.0 Å². The fourth-order valence-electron chi connectivity index (χ4n) is 3.60. The van der Waals surface area contributed by atoms with Gasteiger partial charge in [0.15, 0.2) is 5.78 Å². The van der Waals surface area contributed by atoms with E-state index in [1.807, 2.05) is 0 Å². The van der Waals surface area contributed by atoms with E-state index in [2.05, 4.69) is 35.2 Å². The molecule has 1 heterocycles. The first-order valence-electron chi connectivity index (χ1n) is 9.26. The average molecular weight is 376 g/mol. The van der Waals surface area contributed by atoms with Crippen LogP contribution in [0.15, 0.2) is 54.6 Å². The van der Waals surface area contributed by atoms with E-state index in [1.54, 1.807) is 12.1 Å². The van der Waals surface area contributed by atoms with Crippen LogP contribution >= 0.6 is 12.4 Å². The van der Waals surface area contributed by atoms with Crippen LogP contribution in [-0.4, -0.2) is 30.3 Å². The zero-order chi connectivity index (χ0) is 17.5. The summed E-state index contributed by atoms with van der Waals surface area (Å²) in [5, 5.41) is 0. The summed E-state index contributed by atoms with van der Waals surface area (Å²) >= 11 is 0. The molecule has 0 atom stereocenters. The van der Waals surface area contributed by atoms with Crippen molar-refractivity contribution in [2.45, 2.75) is 32.1 Å². The van der Waals surface area contributed by atoms with Crippen molar-refractivity contribution in [3.05, 3.63) is 71.5 Å². The van der Waals surface area contributed by atoms with Crippen molar-refractivity contribution < 1.29 is 9.18 Å². The molecule has 0 saturated carbocycles. The maximum absolute atomic E-state index is 12.9. The molecule has 4 heteroatoms. The maximum atomic E-state index is 12.9. The van der Waals surface area contributed by atoms with Crippen LogP contribution in [-0.2, 0) is 6.42 Å². The van der Waals surface area contributed by atoms with E-state index < -0.39 is 0 Å². The number of carbonyl (C=O) groups excluding carboxylic acids is 1. The number of nitrogens with zero attached hydrogens (tertiary/aromatic N) is 1. The fourth-order valence-corrected chi connectivity index (χ4v) is 3.60. The Morgan fingerprint density at radius 1 is 1.00 bits per heavy atom. The molecule has 0 radical (unpaired) electrons. The highest BCUT2D eigenvalue weighted by Crippen LogP contribution is 2.22. The Morgan fingerprint density at radius 3 is 2.31 bits per heavy atom. The number of likely N-dealkylation sites (tertiary alicyclic amines) is 1. The molecule has 0 aromatic heterocycles. The SMILES string of the molecule is Cl.O=C(CCCN1CCC(Cc2ccccc2)CC1)c1ccc(F)cc1. The van der Waals surface area contributed by atoms with Crippen LogP contribution in [0, 0.1) is 11.7 Å². The van der Waals surface area contributed by atoms with Crippen molar-refractivity contribution in [3.63, 3.8) is 0 Å². The summed E-state index contributed by atoms with van der Waals surface area (Å²) in [6.45, 7) is 3.23. The van der Waals surface area contributed by atoms with E-state index in [1.165, 1.54) is 37.0 Å². The number of hydrogen-bond donors (Lipinski definition) is 0. The molecule has 2 aromatic rings. The summed E-state index contributed by atoms with van der Waals surface area (Å²) in [5.74, 6) is 0.591. The Morgan fingerprint density at radius 2 is 1.65 bits per heavy atom. The zero-order valence-electron chi connectivity index (χ0n) is 15.1. The van der Waals surface area contributed by atoms with Gasteiger partial charge in [0.25, 0.3) is 0 Å². The molecule has 2 aromatic carbocycles. The third kappa shape index (κ3) is 6.22. The minimum Gasteiger partial charge on any atom is -0.303 e. The number of piperidine rings is 1. The second kappa shape index (κ2) is 10.4. The van der Waals surface area contributed by atoms with Crippen LogP contribution in [0.4, 0.5) is 4.39 Å². The van der Waals surface area contributed by atoms with Gasteiger partial charge in [-0.15, -0.1) is 12.4 Å². The van der Waals surface area contributed by atoms with E-state index >= 15 is 0 Å². The number of rotatable bonds is 7. The quantitative estimate of drug-likeness (QED) is 0.622. The smallest absolute Gasteiger partial charge is 0.162 e. The van der Waals surface area contributed by atoms with Crippen molar-refractivity contribution >= 4 is 18.2 Å². The average Bonchev–Trinajstić information content (AvgIpc) is 2.64. The molecule has 2 nitrogen and oxygen atoms in total. The van der Waals surface area contributed by atoms with Gasteiger partial charge in [0, 0.05) is 12.0 Å². The number of ketones is 1. The van der Waals surface area contributed by atoms with Gasteiger partial charge in [-0.2, -0.15) is 0 Å². The van der Waals surface area contributed by atoms with Crippen LogP contribution in [0.5, 0.6) is 0 Å². The van der Waals surface area contributed by atoms with Gasteiger partial charge in [0.05, 0.1) is 0 Å². The first-order chi connectivity index (χ1) is 12.2. The van der Waals surface area contributed by atoms with Gasteiger partial charge in [0.2, 0.25) is 0 Å². The highest BCUT2D eigenvalue weighted by Gasteiger charge is 2.19. The lowest BCUT2D eigenvalue weighted by molar-refractivity contribution is 0.0970. The zero-order valence-corrected chi connectivity index (χ0v) is 15.9. The first kappa shape index (κ1) is 20.6. The molecule has 0 spiro atoms. The monoisotopic (exact) mass is 375 g/mol. The fraction of sp³-hybridized carbons (Fsp3) is 0.409. The molecule has 0 amide bonds. The van der Waals surface area contributed by atoms with Gasteiger partial charge in [0.1, 0.15) is 5.82 Å². The molecule has 1 saturated heterocycles. The van der Waals surface area contributed by atoms with Crippen LogP contribution in [0.3, 0.4) is 0 Å². The maximum Gasteiger partial charge on any atom is 0.162 e. The molecule has 1 fully saturated rings. The Kier molecular flexibility index (Phi) is 8.27. The number of carbonyl (C=O) groups is 1. The minimum absolute atomic E-state index is 0. The minimum atomic E-state index is -0.296. The summed E-state index contributed by atoms with van der Waals surface area (Å²) in [4.78, 5) is 14.6. The van der Waals surface area contributed by atoms with Crippen LogP contribution in [0.1, 0.15) is 41.6 Å². The molecule has 0 unspecified atom stereocenters. The van der Waals surface area contributed by atoms with Crippen molar-refractivity contribution in [1.29, 1.82) is 0 Å². The molecular formula is C22H27ClFNO. The van der Waals surface area contributed by atoms with Crippen LogP contribution < -0.4 is 0 Å². The number of benzene rings is 2. The van der Waals surface area contributed by atoms with Gasteiger partial charge in [-0.3, -0.25) is 4.79 Å².